The third-order valence-corrected chi connectivity index (χ3v) is 6.04. The molecule has 0 atom stereocenters. The Labute approximate surface area is 186 Å². The number of aromatic amines is 1. The molecule has 1 amide bonds. The molecule has 1 N–H and O–H groups in total. The Morgan fingerprint density at radius 3 is 2.91 bits per heavy atom. The van der Waals surface area contributed by atoms with Gasteiger partial charge in [0.2, 0.25) is 0 Å². The van der Waals surface area contributed by atoms with Gasteiger partial charge in [-0.25, -0.2) is 4.39 Å². The van der Waals surface area contributed by atoms with E-state index in [1.165, 1.54) is 6.07 Å². The minimum absolute atomic E-state index is 0.0694. The van der Waals surface area contributed by atoms with Crippen molar-refractivity contribution >= 4 is 16.8 Å². The molecule has 1 aromatic carbocycles. The molecule has 1 saturated carbocycles. The van der Waals surface area contributed by atoms with Gasteiger partial charge < -0.3 is 9.88 Å². The van der Waals surface area contributed by atoms with E-state index in [0.29, 0.717) is 24.6 Å². The quantitative estimate of drug-likeness (QED) is 0.442. The predicted octanol–water partition coefficient (Wildman–Crippen LogP) is 5.17. The lowest BCUT2D eigenvalue weighted by atomic mass is 10.0. The Balaban J connectivity index is 1.42. The highest BCUT2D eigenvalue weighted by Gasteiger charge is 2.29. The van der Waals surface area contributed by atoms with Crippen LogP contribution < -0.4 is 0 Å². The van der Waals surface area contributed by atoms with Gasteiger partial charge in [-0.2, -0.15) is 0 Å². The van der Waals surface area contributed by atoms with Crippen LogP contribution in [0.25, 0.3) is 22.0 Å². The number of fused-ring (bicyclic) bond motifs is 1. The van der Waals surface area contributed by atoms with Crippen LogP contribution in [0, 0.1) is 18.7 Å². The van der Waals surface area contributed by atoms with Crippen LogP contribution in [0.4, 0.5) is 4.39 Å². The minimum atomic E-state index is -0.255. The number of carbonyl (C=O) groups is 1. The molecule has 32 heavy (non-hydrogen) atoms. The molecule has 0 unspecified atom stereocenters. The van der Waals surface area contributed by atoms with Crippen molar-refractivity contribution in [1.29, 1.82) is 0 Å². The van der Waals surface area contributed by atoms with Crippen molar-refractivity contribution in [2.45, 2.75) is 26.2 Å². The maximum Gasteiger partial charge on any atom is 0.273 e. The van der Waals surface area contributed by atoms with E-state index < -0.39 is 0 Å². The van der Waals surface area contributed by atoms with E-state index in [1.54, 1.807) is 30.7 Å². The molecular formula is C26H25FN4O. The Hall–Kier alpha value is -3.54. The molecule has 3 heterocycles. The van der Waals surface area contributed by atoms with Crippen molar-refractivity contribution in [3.8, 4) is 11.1 Å². The number of hydrogen-bond donors (Lipinski definition) is 1. The van der Waals surface area contributed by atoms with Crippen molar-refractivity contribution in [3.05, 3.63) is 83.8 Å². The summed E-state index contributed by atoms with van der Waals surface area (Å²) in [5.41, 5.74) is 5.08. The van der Waals surface area contributed by atoms with Crippen LogP contribution in [0.15, 0.2) is 61.2 Å². The van der Waals surface area contributed by atoms with E-state index in [-0.39, 0.29) is 11.7 Å². The summed E-state index contributed by atoms with van der Waals surface area (Å²) in [6.07, 6.45) is 10.1. The van der Waals surface area contributed by atoms with Gasteiger partial charge >= 0.3 is 0 Å². The zero-order valence-electron chi connectivity index (χ0n) is 18.0. The van der Waals surface area contributed by atoms with Gasteiger partial charge in [0.1, 0.15) is 11.5 Å². The van der Waals surface area contributed by atoms with Crippen LogP contribution in [0.5, 0.6) is 0 Å². The number of aromatic nitrogens is 3. The number of amides is 1. The lowest BCUT2D eigenvalue weighted by Gasteiger charge is -2.23. The maximum atomic E-state index is 13.8. The highest BCUT2D eigenvalue weighted by atomic mass is 19.1. The molecule has 0 bridgehead atoms. The fourth-order valence-electron chi connectivity index (χ4n) is 4.16. The van der Waals surface area contributed by atoms with E-state index in [2.05, 4.69) is 15.0 Å². The van der Waals surface area contributed by atoms with Gasteiger partial charge in [0, 0.05) is 59.9 Å². The summed E-state index contributed by atoms with van der Waals surface area (Å²) < 4.78 is 13.8. The molecule has 162 valence electrons. The fourth-order valence-corrected chi connectivity index (χ4v) is 4.16. The molecule has 6 heteroatoms. The molecule has 5 rings (SSSR count). The first-order valence-corrected chi connectivity index (χ1v) is 11.0. The van der Waals surface area contributed by atoms with E-state index >= 15 is 0 Å². The Morgan fingerprint density at radius 1 is 1.22 bits per heavy atom. The minimum Gasteiger partial charge on any atom is -0.361 e. The molecular weight excluding hydrogens is 403 g/mol. The topological polar surface area (TPSA) is 61.9 Å². The zero-order valence-corrected chi connectivity index (χ0v) is 18.0. The molecule has 0 spiro atoms. The van der Waals surface area contributed by atoms with Gasteiger partial charge in [0.05, 0.1) is 0 Å². The summed E-state index contributed by atoms with van der Waals surface area (Å²) in [6, 6.07) is 10.5. The van der Waals surface area contributed by atoms with Gasteiger partial charge in [0.25, 0.3) is 5.91 Å². The number of nitrogens with zero attached hydrogens (tertiary/aromatic N) is 3. The van der Waals surface area contributed by atoms with Crippen molar-refractivity contribution in [2.75, 3.05) is 13.1 Å². The summed E-state index contributed by atoms with van der Waals surface area (Å²) in [4.78, 5) is 27.5. The van der Waals surface area contributed by atoms with Crippen molar-refractivity contribution in [3.63, 3.8) is 0 Å². The smallest absolute Gasteiger partial charge is 0.273 e. The monoisotopic (exact) mass is 428 g/mol. The van der Waals surface area contributed by atoms with Gasteiger partial charge in [-0.3, -0.25) is 14.8 Å². The van der Waals surface area contributed by atoms with Gasteiger partial charge in [-0.05, 0) is 73.6 Å². The number of hydrogen-bond acceptors (Lipinski definition) is 3. The normalized spacial score (nSPS) is 13.4. The Bertz CT molecular complexity index is 1280. The Kier molecular flexibility index (Phi) is 5.43. The van der Waals surface area contributed by atoms with E-state index in [1.807, 2.05) is 36.2 Å². The zero-order chi connectivity index (χ0) is 22.1. The van der Waals surface area contributed by atoms with Gasteiger partial charge in [-0.1, -0.05) is 6.07 Å². The Morgan fingerprint density at radius 2 is 2.09 bits per heavy atom. The molecule has 0 radical (unpaired) electrons. The number of H-pyrrole nitrogens is 1. The highest BCUT2D eigenvalue weighted by Crippen LogP contribution is 2.31. The van der Waals surface area contributed by atoms with Crippen LogP contribution in [-0.2, 0) is 6.42 Å². The van der Waals surface area contributed by atoms with Crippen molar-refractivity contribution in [2.24, 2.45) is 5.92 Å². The summed E-state index contributed by atoms with van der Waals surface area (Å²) in [5, 5.41) is 0.869. The number of benzene rings is 1. The standard InChI is InChI=1S/C26H25FN4O/c1-17-11-20(14-28-13-17)22-3-2-9-29-25(22)26(32)31(16-18-4-5-18)10-8-19-15-30-24-7-6-21(27)12-23(19)24/h2-3,6-7,9,11-15,18,30H,4-5,8,10,16H2,1H3. The second-order valence-electron chi connectivity index (χ2n) is 8.60. The lowest BCUT2D eigenvalue weighted by molar-refractivity contribution is 0.0744. The first kappa shape index (κ1) is 20.4. The average Bonchev–Trinajstić information content (AvgIpc) is 3.54. The molecule has 4 aromatic rings. The van der Waals surface area contributed by atoms with E-state index in [0.717, 1.165) is 52.5 Å². The molecule has 3 aromatic heterocycles. The third kappa shape index (κ3) is 4.26. The molecule has 0 saturated heterocycles. The SMILES string of the molecule is Cc1cncc(-c2cccnc2C(=O)N(CCc2c[nH]c3ccc(F)cc23)CC2CC2)c1. The molecule has 1 aliphatic rings. The number of carbonyl (C=O) groups excluding carboxylic acids is 1. The second kappa shape index (κ2) is 8.54. The van der Waals surface area contributed by atoms with Crippen LogP contribution in [0.1, 0.15) is 34.5 Å². The number of aryl methyl sites for hydroxylation is 1. The fraction of sp³-hybridized carbons (Fsp3) is 0.269. The first-order chi connectivity index (χ1) is 15.6. The molecule has 0 aliphatic heterocycles. The first-order valence-electron chi connectivity index (χ1n) is 11.0. The molecule has 1 aliphatic carbocycles. The maximum absolute atomic E-state index is 13.8. The van der Waals surface area contributed by atoms with Crippen molar-refractivity contribution in [1.82, 2.24) is 19.9 Å². The third-order valence-electron chi connectivity index (χ3n) is 6.04. The lowest BCUT2D eigenvalue weighted by Crippen LogP contribution is -2.35. The average molecular weight is 429 g/mol. The van der Waals surface area contributed by atoms with Gasteiger partial charge in [0.15, 0.2) is 0 Å². The summed E-state index contributed by atoms with van der Waals surface area (Å²) >= 11 is 0. The van der Waals surface area contributed by atoms with Crippen LogP contribution in [0.2, 0.25) is 0 Å². The highest BCUT2D eigenvalue weighted by molar-refractivity contribution is 5.99. The van der Waals surface area contributed by atoms with Crippen LogP contribution >= 0.6 is 0 Å². The largest absolute Gasteiger partial charge is 0.361 e. The number of halogens is 1. The summed E-state index contributed by atoms with van der Waals surface area (Å²) in [7, 11) is 0. The van der Waals surface area contributed by atoms with Crippen molar-refractivity contribution < 1.29 is 9.18 Å². The number of nitrogens with one attached hydrogen (secondary N) is 1. The second-order valence-corrected chi connectivity index (χ2v) is 8.60. The summed E-state index contributed by atoms with van der Waals surface area (Å²) in [5.74, 6) is 0.223. The number of rotatable bonds is 7. The predicted molar refractivity (Wildman–Crippen MR) is 123 cm³/mol. The molecule has 5 nitrogen and oxygen atoms in total. The van der Waals surface area contributed by atoms with E-state index in [9.17, 15) is 9.18 Å². The molecule has 1 fully saturated rings. The number of pyridine rings is 2. The summed E-state index contributed by atoms with van der Waals surface area (Å²) in [6.45, 7) is 3.26. The van der Waals surface area contributed by atoms with Crippen LogP contribution in [-0.4, -0.2) is 38.8 Å². The van der Waals surface area contributed by atoms with Gasteiger partial charge in [-0.15, -0.1) is 0 Å². The van der Waals surface area contributed by atoms with Crippen LogP contribution in [0.3, 0.4) is 0 Å². The van der Waals surface area contributed by atoms with E-state index in [4.69, 9.17) is 0 Å².